The van der Waals surface area contributed by atoms with Crippen molar-refractivity contribution in [1.82, 2.24) is 19.8 Å². The minimum absolute atomic E-state index is 0.00105. The molecular weight excluding hydrogens is 648 g/mol. The van der Waals surface area contributed by atoms with Crippen LogP contribution < -0.4 is 30.4 Å². The first-order valence-electron chi connectivity index (χ1n) is 16.0. The molecule has 0 spiro atoms. The van der Waals surface area contributed by atoms with Gasteiger partial charge in [-0.15, -0.1) is 0 Å². The molecule has 2 amide bonds. The number of para-hydroxylation sites is 1. The number of hydrogen-bond donors (Lipinski definition) is 2. The predicted molar refractivity (Wildman–Crippen MR) is 183 cm³/mol. The molecule has 0 aliphatic carbocycles. The summed E-state index contributed by atoms with van der Waals surface area (Å²) in [6.07, 6.45) is 4.70. The molecule has 11 nitrogen and oxygen atoms in total. The summed E-state index contributed by atoms with van der Waals surface area (Å²) in [6.45, 7) is 2.49. The van der Waals surface area contributed by atoms with E-state index in [0.717, 1.165) is 36.6 Å². The van der Waals surface area contributed by atoms with Gasteiger partial charge in [-0.05, 0) is 80.4 Å². The standard InChI is InChI=1S/C37H35F2N5O6/c1-40-35(45)21-43-16-12-23(13-17-43)22-49-34-20-29-26(19-33(34)48-2)31(11-14-41-29)50-32-10-9-24(18-28(32)39)42-36(46)25-6-5-15-44(37(25)47)30-8-4-3-7-27(30)38/h3-11,14-15,18-20,23H,12-13,16-17,21-22H2,1-2H3,(H,40,45)(H,42,46). The zero-order valence-corrected chi connectivity index (χ0v) is 27.4. The number of pyridine rings is 2. The van der Waals surface area contributed by atoms with Gasteiger partial charge in [-0.2, -0.15) is 0 Å². The van der Waals surface area contributed by atoms with E-state index in [2.05, 4.69) is 20.5 Å². The number of nitrogens with zero attached hydrogens (tertiary/aromatic N) is 3. The summed E-state index contributed by atoms with van der Waals surface area (Å²) in [5.41, 5.74) is -0.353. The summed E-state index contributed by atoms with van der Waals surface area (Å²) in [5, 5.41) is 5.74. The van der Waals surface area contributed by atoms with Gasteiger partial charge in [0, 0.05) is 42.6 Å². The maximum Gasteiger partial charge on any atom is 0.268 e. The second-order valence-corrected chi connectivity index (χ2v) is 11.8. The van der Waals surface area contributed by atoms with Crippen molar-refractivity contribution in [3.63, 3.8) is 0 Å². The largest absolute Gasteiger partial charge is 0.493 e. The molecule has 1 saturated heterocycles. The van der Waals surface area contributed by atoms with E-state index < -0.39 is 23.1 Å². The Morgan fingerprint density at radius 3 is 2.46 bits per heavy atom. The molecular formula is C37H35F2N5O6. The molecule has 13 heteroatoms. The van der Waals surface area contributed by atoms with Gasteiger partial charge < -0.3 is 24.8 Å². The molecule has 1 aliphatic rings. The number of likely N-dealkylation sites (N-methyl/N-ethyl adjacent to an activating group) is 1. The number of piperidine rings is 1. The molecule has 1 fully saturated rings. The molecule has 2 aromatic heterocycles. The third-order valence-electron chi connectivity index (χ3n) is 8.53. The number of methoxy groups -OCH3 is 1. The van der Waals surface area contributed by atoms with Crippen LogP contribution in [0.15, 0.2) is 90.0 Å². The Morgan fingerprint density at radius 2 is 1.72 bits per heavy atom. The number of halogens is 2. The predicted octanol–water partition coefficient (Wildman–Crippen LogP) is 5.55. The molecule has 6 rings (SSSR count). The van der Waals surface area contributed by atoms with Crippen molar-refractivity contribution in [2.45, 2.75) is 12.8 Å². The van der Waals surface area contributed by atoms with Crippen LogP contribution >= 0.6 is 0 Å². The number of carbonyl (C=O) groups excluding carboxylic acids is 2. The van der Waals surface area contributed by atoms with E-state index in [0.29, 0.717) is 47.2 Å². The number of likely N-dealkylation sites (tertiary alicyclic amines) is 1. The Morgan fingerprint density at radius 1 is 0.920 bits per heavy atom. The van der Waals surface area contributed by atoms with E-state index in [9.17, 15) is 18.8 Å². The van der Waals surface area contributed by atoms with Gasteiger partial charge in [0.05, 0.1) is 31.5 Å². The Kier molecular flexibility index (Phi) is 10.3. The van der Waals surface area contributed by atoms with Crippen LogP contribution in [-0.4, -0.2) is 66.7 Å². The highest BCUT2D eigenvalue weighted by Crippen LogP contribution is 2.38. The highest BCUT2D eigenvalue weighted by Gasteiger charge is 2.22. The van der Waals surface area contributed by atoms with Crippen molar-refractivity contribution in [3.05, 3.63) is 113 Å². The smallest absolute Gasteiger partial charge is 0.268 e. The van der Waals surface area contributed by atoms with Crippen molar-refractivity contribution in [3.8, 4) is 28.7 Å². The fraction of sp³-hybridized carbons (Fsp3) is 0.243. The Hall–Kier alpha value is -5.82. The monoisotopic (exact) mass is 683 g/mol. The summed E-state index contributed by atoms with van der Waals surface area (Å²) in [6, 6.07) is 17.4. The number of amides is 2. The van der Waals surface area contributed by atoms with Crippen molar-refractivity contribution >= 4 is 28.4 Å². The maximum absolute atomic E-state index is 15.3. The van der Waals surface area contributed by atoms with Crippen LogP contribution in [0.2, 0.25) is 0 Å². The third-order valence-corrected chi connectivity index (χ3v) is 8.53. The summed E-state index contributed by atoms with van der Waals surface area (Å²) in [5.74, 6) is -0.674. The first kappa shape index (κ1) is 34.1. The van der Waals surface area contributed by atoms with Crippen molar-refractivity contribution in [2.24, 2.45) is 5.92 Å². The van der Waals surface area contributed by atoms with E-state index in [1.54, 1.807) is 31.3 Å². The molecule has 0 saturated carbocycles. The van der Waals surface area contributed by atoms with Crippen LogP contribution in [-0.2, 0) is 4.79 Å². The van der Waals surface area contributed by atoms with Crippen LogP contribution in [0.3, 0.4) is 0 Å². The average molecular weight is 684 g/mol. The summed E-state index contributed by atoms with van der Waals surface area (Å²) in [7, 11) is 3.16. The van der Waals surface area contributed by atoms with E-state index in [1.807, 2.05) is 0 Å². The number of aromatic nitrogens is 2. The number of nitrogens with one attached hydrogen (secondary N) is 2. The number of carbonyl (C=O) groups is 2. The molecule has 0 atom stereocenters. The number of hydrogen-bond acceptors (Lipinski definition) is 8. The van der Waals surface area contributed by atoms with Gasteiger partial charge in [-0.1, -0.05) is 12.1 Å². The lowest BCUT2D eigenvalue weighted by atomic mass is 9.98. The van der Waals surface area contributed by atoms with Crippen LogP contribution in [0.4, 0.5) is 14.5 Å². The molecule has 1 aliphatic heterocycles. The van der Waals surface area contributed by atoms with Crippen LogP contribution in [0.5, 0.6) is 23.0 Å². The molecule has 0 bridgehead atoms. The van der Waals surface area contributed by atoms with Crippen LogP contribution in [0, 0.1) is 17.6 Å². The molecule has 258 valence electrons. The molecule has 5 aromatic rings. The quantitative estimate of drug-likeness (QED) is 0.186. The lowest BCUT2D eigenvalue weighted by molar-refractivity contribution is -0.122. The topological polar surface area (TPSA) is 124 Å². The van der Waals surface area contributed by atoms with Gasteiger partial charge in [0.25, 0.3) is 11.5 Å². The molecule has 0 unspecified atom stereocenters. The SMILES string of the molecule is CNC(=O)CN1CCC(COc2cc3nccc(Oc4ccc(NC(=O)c5cccn(-c6ccccc6F)c5=O)cc4F)c3cc2OC)CC1. The first-order chi connectivity index (χ1) is 24.2. The lowest BCUT2D eigenvalue weighted by Gasteiger charge is -2.31. The zero-order valence-electron chi connectivity index (χ0n) is 27.4. The Bertz CT molecular complexity index is 2100. The van der Waals surface area contributed by atoms with Crippen LogP contribution in [0.25, 0.3) is 16.6 Å². The molecule has 3 aromatic carbocycles. The highest BCUT2D eigenvalue weighted by molar-refractivity contribution is 6.04. The molecule has 0 radical (unpaired) electrons. The minimum atomic E-state index is -0.787. The zero-order chi connectivity index (χ0) is 35.2. The lowest BCUT2D eigenvalue weighted by Crippen LogP contribution is -2.41. The van der Waals surface area contributed by atoms with Crippen LogP contribution in [0.1, 0.15) is 23.2 Å². The van der Waals surface area contributed by atoms with Gasteiger partial charge in [-0.3, -0.25) is 28.8 Å². The first-order valence-corrected chi connectivity index (χ1v) is 16.0. The number of fused-ring (bicyclic) bond motifs is 1. The summed E-state index contributed by atoms with van der Waals surface area (Å²) < 4.78 is 48.4. The number of benzene rings is 3. The minimum Gasteiger partial charge on any atom is -0.493 e. The summed E-state index contributed by atoms with van der Waals surface area (Å²) in [4.78, 5) is 44.3. The molecule has 3 heterocycles. The van der Waals surface area contributed by atoms with Gasteiger partial charge >= 0.3 is 0 Å². The number of rotatable bonds is 11. The second kappa shape index (κ2) is 15.2. The van der Waals surface area contributed by atoms with E-state index in [1.165, 1.54) is 62.0 Å². The third kappa shape index (κ3) is 7.57. The van der Waals surface area contributed by atoms with Gasteiger partial charge in [-0.25, -0.2) is 8.78 Å². The Balaban J connectivity index is 1.13. The Labute approximate surface area is 286 Å². The maximum atomic E-state index is 15.3. The molecule has 50 heavy (non-hydrogen) atoms. The highest BCUT2D eigenvalue weighted by atomic mass is 19.1. The van der Waals surface area contributed by atoms with E-state index in [-0.39, 0.29) is 28.6 Å². The fourth-order valence-electron chi connectivity index (χ4n) is 5.77. The normalized spacial score (nSPS) is 13.5. The summed E-state index contributed by atoms with van der Waals surface area (Å²) >= 11 is 0. The molecule has 2 N–H and O–H groups in total. The van der Waals surface area contributed by atoms with Crippen molar-refractivity contribution < 1.29 is 32.6 Å². The fourth-order valence-corrected chi connectivity index (χ4v) is 5.77. The van der Waals surface area contributed by atoms with E-state index in [4.69, 9.17) is 14.2 Å². The average Bonchev–Trinajstić information content (AvgIpc) is 3.12. The van der Waals surface area contributed by atoms with Gasteiger partial charge in [0.2, 0.25) is 5.91 Å². The van der Waals surface area contributed by atoms with Gasteiger partial charge in [0.15, 0.2) is 23.1 Å². The number of ether oxygens (including phenoxy) is 3. The number of anilines is 1. The van der Waals surface area contributed by atoms with Crippen molar-refractivity contribution in [1.29, 1.82) is 0 Å². The van der Waals surface area contributed by atoms with Crippen molar-refractivity contribution in [2.75, 3.05) is 45.7 Å². The second-order valence-electron chi connectivity index (χ2n) is 11.8. The van der Waals surface area contributed by atoms with E-state index >= 15 is 4.39 Å². The van der Waals surface area contributed by atoms with Gasteiger partial charge in [0.1, 0.15) is 17.1 Å².